The standard InChI is InChI=1S/C11H14OS/c1-3-4-11(12)9-5-7-10(13-2)8-6-9/h3,5-8,11-12H,1,4H2,2H3. The highest BCUT2D eigenvalue weighted by Gasteiger charge is 2.03. The summed E-state index contributed by atoms with van der Waals surface area (Å²) < 4.78 is 0. The first kappa shape index (κ1) is 10.4. The molecule has 1 atom stereocenters. The number of hydrogen-bond acceptors (Lipinski definition) is 2. The molecule has 0 aliphatic heterocycles. The Kier molecular flexibility index (Phi) is 4.06. The van der Waals surface area contributed by atoms with Gasteiger partial charge in [-0.2, -0.15) is 0 Å². The van der Waals surface area contributed by atoms with Gasteiger partial charge in [0.15, 0.2) is 0 Å². The predicted octanol–water partition coefficient (Wildman–Crippen LogP) is 3.02. The van der Waals surface area contributed by atoms with Crippen LogP contribution in [0, 0.1) is 0 Å². The quantitative estimate of drug-likeness (QED) is 0.587. The maximum atomic E-state index is 9.61. The van der Waals surface area contributed by atoms with E-state index in [4.69, 9.17) is 0 Å². The summed E-state index contributed by atoms with van der Waals surface area (Å²) in [6.45, 7) is 3.60. The molecule has 0 heterocycles. The Morgan fingerprint density at radius 2 is 2.08 bits per heavy atom. The van der Waals surface area contributed by atoms with Crippen LogP contribution in [0.1, 0.15) is 18.1 Å². The van der Waals surface area contributed by atoms with Crippen molar-refractivity contribution in [2.24, 2.45) is 0 Å². The van der Waals surface area contributed by atoms with Gasteiger partial charge < -0.3 is 5.11 Å². The molecular weight excluding hydrogens is 180 g/mol. The van der Waals surface area contributed by atoms with Crippen LogP contribution in [-0.2, 0) is 0 Å². The number of rotatable bonds is 4. The van der Waals surface area contributed by atoms with E-state index < -0.39 is 6.10 Å². The van der Waals surface area contributed by atoms with E-state index in [-0.39, 0.29) is 0 Å². The minimum Gasteiger partial charge on any atom is -0.388 e. The van der Waals surface area contributed by atoms with Crippen molar-refractivity contribution < 1.29 is 5.11 Å². The Bertz CT molecular complexity index is 266. The Hall–Kier alpha value is -0.730. The van der Waals surface area contributed by atoms with Crippen LogP contribution in [0.3, 0.4) is 0 Å². The van der Waals surface area contributed by atoms with Gasteiger partial charge in [0, 0.05) is 4.90 Å². The zero-order valence-electron chi connectivity index (χ0n) is 7.73. The third-order valence-electron chi connectivity index (χ3n) is 1.89. The molecule has 0 radical (unpaired) electrons. The lowest BCUT2D eigenvalue weighted by Crippen LogP contribution is -1.94. The van der Waals surface area contributed by atoms with Gasteiger partial charge in [-0.3, -0.25) is 0 Å². The average molecular weight is 194 g/mol. The highest BCUT2D eigenvalue weighted by molar-refractivity contribution is 7.98. The molecule has 1 aromatic rings. The summed E-state index contributed by atoms with van der Waals surface area (Å²) in [6, 6.07) is 7.96. The summed E-state index contributed by atoms with van der Waals surface area (Å²) in [6.07, 6.45) is 3.97. The lowest BCUT2D eigenvalue weighted by atomic mass is 10.1. The van der Waals surface area contributed by atoms with E-state index in [2.05, 4.69) is 6.58 Å². The highest BCUT2D eigenvalue weighted by Crippen LogP contribution is 2.20. The molecular formula is C11H14OS. The average Bonchev–Trinajstić information content (AvgIpc) is 2.18. The van der Waals surface area contributed by atoms with E-state index in [9.17, 15) is 5.11 Å². The van der Waals surface area contributed by atoms with Crippen molar-refractivity contribution in [1.82, 2.24) is 0 Å². The SMILES string of the molecule is C=CCC(O)c1ccc(SC)cc1. The second kappa shape index (κ2) is 5.10. The number of thioether (sulfide) groups is 1. The van der Waals surface area contributed by atoms with Crippen LogP contribution in [0.15, 0.2) is 41.8 Å². The van der Waals surface area contributed by atoms with E-state index in [1.807, 2.05) is 30.5 Å². The largest absolute Gasteiger partial charge is 0.388 e. The Morgan fingerprint density at radius 1 is 1.46 bits per heavy atom. The first-order valence-corrected chi connectivity index (χ1v) is 5.43. The minimum atomic E-state index is -0.409. The monoisotopic (exact) mass is 194 g/mol. The summed E-state index contributed by atoms with van der Waals surface area (Å²) >= 11 is 1.70. The minimum absolute atomic E-state index is 0.409. The smallest absolute Gasteiger partial charge is 0.0824 e. The summed E-state index contributed by atoms with van der Waals surface area (Å²) in [7, 11) is 0. The van der Waals surface area contributed by atoms with E-state index in [0.29, 0.717) is 6.42 Å². The molecule has 0 bridgehead atoms. The molecule has 0 aromatic heterocycles. The zero-order valence-corrected chi connectivity index (χ0v) is 8.55. The van der Waals surface area contributed by atoms with Crippen LogP contribution >= 0.6 is 11.8 Å². The Balaban J connectivity index is 2.73. The fourth-order valence-electron chi connectivity index (χ4n) is 1.12. The lowest BCUT2D eigenvalue weighted by molar-refractivity contribution is 0.181. The summed E-state index contributed by atoms with van der Waals surface area (Å²) in [5, 5.41) is 9.61. The van der Waals surface area contributed by atoms with Crippen molar-refractivity contribution in [2.75, 3.05) is 6.26 Å². The molecule has 1 unspecified atom stereocenters. The second-order valence-corrected chi connectivity index (χ2v) is 3.69. The number of aliphatic hydroxyl groups is 1. The molecule has 0 spiro atoms. The second-order valence-electron chi connectivity index (χ2n) is 2.81. The summed E-state index contributed by atoms with van der Waals surface area (Å²) in [4.78, 5) is 1.22. The molecule has 70 valence electrons. The third kappa shape index (κ3) is 2.90. The van der Waals surface area contributed by atoms with Gasteiger partial charge in [-0.25, -0.2) is 0 Å². The molecule has 1 aromatic carbocycles. The van der Waals surface area contributed by atoms with Gasteiger partial charge >= 0.3 is 0 Å². The number of hydrogen-bond donors (Lipinski definition) is 1. The van der Waals surface area contributed by atoms with Crippen LogP contribution in [-0.4, -0.2) is 11.4 Å². The Morgan fingerprint density at radius 3 is 2.54 bits per heavy atom. The number of benzene rings is 1. The van der Waals surface area contributed by atoms with E-state index >= 15 is 0 Å². The van der Waals surface area contributed by atoms with Crippen LogP contribution in [0.5, 0.6) is 0 Å². The van der Waals surface area contributed by atoms with Gasteiger partial charge in [0.1, 0.15) is 0 Å². The molecule has 0 saturated carbocycles. The molecule has 0 saturated heterocycles. The topological polar surface area (TPSA) is 20.2 Å². The van der Waals surface area contributed by atoms with E-state index in [0.717, 1.165) is 5.56 Å². The molecule has 0 aliphatic rings. The summed E-state index contributed by atoms with van der Waals surface area (Å²) in [5.41, 5.74) is 0.956. The predicted molar refractivity (Wildman–Crippen MR) is 58.0 cm³/mol. The summed E-state index contributed by atoms with van der Waals surface area (Å²) in [5.74, 6) is 0. The molecule has 1 rings (SSSR count). The van der Waals surface area contributed by atoms with Crippen molar-refractivity contribution in [3.63, 3.8) is 0 Å². The van der Waals surface area contributed by atoms with Crippen molar-refractivity contribution >= 4 is 11.8 Å². The molecule has 0 amide bonds. The van der Waals surface area contributed by atoms with Crippen molar-refractivity contribution in [2.45, 2.75) is 17.4 Å². The van der Waals surface area contributed by atoms with Crippen LogP contribution in [0.2, 0.25) is 0 Å². The molecule has 1 N–H and O–H groups in total. The van der Waals surface area contributed by atoms with Crippen LogP contribution in [0.4, 0.5) is 0 Å². The van der Waals surface area contributed by atoms with Gasteiger partial charge in [0.05, 0.1) is 6.10 Å². The maximum absolute atomic E-state index is 9.61. The zero-order chi connectivity index (χ0) is 9.68. The lowest BCUT2D eigenvalue weighted by Gasteiger charge is -2.08. The third-order valence-corrected chi connectivity index (χ3v) is 2.63. The van der Waals surface area contributed by atoms with E-state index in [1.165, 1.54) is 4.90 Å². The Labute approximate surface area is 83.5 Å². The molecule has 2 heteroatoms. The fraction of sp³-hybridized carbons (Fsp3) is 0.273. The van der Waals surface area contributed by atoms with Crippen LogP contribution < -0.4 is 0 Å². The van der Waals surface area contributed by atoms with Crippen molar-refractivity contribution in [1.29, 1.82) is 0 Å². The van der Waals surface area contributed by atoms with Crippen molar-refractivity contribution in [3.8, 4) is 0 Å². The highest BCUT2D eigenvalue weighted by atomic mass is 32.2. The fourth-order valence-corrected chi connectivity index (χ4v) is 1.53. The molecule has 13 heavy (non-hydrogen) atoms. The van der Waals surface area contributed by atoms with Gasteiger partial charge in [-0.05, 0) is 30.4 Å². The normalized spacial score (nSPS) is 12.5. The maximum Gasteiger partial charge on any atom is 0.0824 e. The van der Waals surface area contributed by atoms with E-state index in [1.54, 1.807) is 17.8 Å². The first-order valence-electron chi connectivity index (χ1n) is 4.21. The van der Waals surface area contributed by atoms with Gasteiger partial charge in [0.2, 0.25) is 0 Å². The molecule has 1 nitrogen and oxygen atoms in total. The van der Waals surface area contributed by atoms with Gasteiger partial charge in [-0.1, -0.05) is 18.2 Å². The van der Waals surface area contributed by atoms with Crippen molar-refractivity contribution in [3.05, 3.63) is 42.5 Å². The van der Waals surface area contributed by atoms with Crippen LogP contribution in [0.25, 0.3) is 0 Å². The number of aliphatic hydroxyl groups excluding tert-OH is 1. The molecule has 0 fully saturated rings. The van der Waals surface area contributed by atoms with Gasteiger partial charge in [-0.15, -0.1) is 18.3 Å². The first-order chi connectivity index (χ1) is 6.27. The van der Waals surface area contributed by atoms with Gasteiger partial charge in [0.25, 0.3) is 0 Å². The molecule has 0 aliphatic carbocycles.